The summed E-state index contributed by atoms with van der Waals surface area (Å²) in [5, 5.41) is 3.48. The van der Waals surface area contributed by atoms with Crippen molar-refractivity contribution < 1.29 is 0 Å². The first kappa shape index (κ1) is 14.9. The van der Waals surface area contributed by atoms with E-state index in [4.69, 9.17) is 0 Å². The van der Waals surface area contributed by atoms with Gasteiger partial charge in [0, 0.05) is 36.6 Å². The number of nitrogens with zero attached hydrogens (tertiary/aromatic N) is 2. The van der Waals surface area contributed by atoms with Crippen LogP contribution in [0.1, 0.15) is 30.5 Å². The van der Waals surface area contributed by atoms with Crippen LogP contribution in [-0.2, 0) is 12.0 Å². The zero-order valence-corrected chi connectivity index (χ0v) is 13.7. The highest BCUT2D eigenvalue weighted by Crippen LogP contribution is 2.30. The summed E-state index contributed by atoms with van der Waals surface area (Å²) in [6.07, 6.45) is 3.71. The molecule has 0 aliphatic carbocycles. The van der Waals surface area contributed by atoms with Gasteiger partial charge in [-0.3, -0.25) is 4.98 Å². The Morgan fingerprint density at radius 2 is 1.95 bits per heavy atom. The van der Waals surface area contributed by atoms with Gasteiger partial charge in [-0.15, -0.1) is 11.3 Å². The second-order valence-corrected chi connectivity index (χ2v) is 7.33. The molecule has 0 atom stereocenters. The molecule has 0 aliphatic rings. The summed E-state index contributed by atoms with van der Waals surface area (Å²) in [5.74, 6) is 0. The zero-order valence-electron chi connectivity index (χ0n) is 12.9. The fourth-order valence-corrected chi connectivity index (χ4v) is 2.98. The van der Waals surface area contributed by atoms with Crippen molar-refractivity contribution in [3.05, 3.63) is 40.3 Å². The molecule has 0 saturated heterocycles. The predicted octanol–water partition coefficient (Wildman–Crippen LogP) is 4.12. The van der Waals surface area contributed by atoms with Crippen LogP contribution in [0.5, 0.6) is 0 Å². The molecule has 0 bridgehead atoms. The third-order valence-corrected chi connectivity index (χ3v) is 4.64. The molecule has 2 aromatic heterocycles. The Bertz CT molecular complexity index is 567. The van der Waals surface area contributed by atoms with E-state index < -0.39 is 0 Å². The zero-order chi connectivity index (χ0) is 14.8. The van der Waals surface area contributed by atoms with Gasteiger partial charge < -0.3 is 10.2 Å². The highest BCUT2D eigenvalue weighted by Gasteiger charge is 2.16. The first-order valence-corrected chi connectivity index (χ1v) is 7.64. The molecule has 2 aromatic rings. The van der Waals surface area contributed by atoms with Gasteiger partial charge in [0.2, 0.25) is 0 Å². The van der Waals surface area contributed by atoms with E-state index in [0.717, 1.165) is 17.9 Å². The second-order valence-electron chi connectivity index (χ2n) is 6.16. The van der Waals surface area contributed by atoms with Crippen molar-refractivity contribution in [2.45, 2.75) is 32.7 Å². The molecule has 0 unspecified atom stereocenters. The van der Waals surface area contributed by atoms with Crippen LogP contribution in [0.25, 0.3) is 0 Å². The second kappa shape index (κ2) is 5.83. The standard InChI is InChI=1S/C16H23N3S/c1-16(2,3)15-7-6-12(20-15)10-18-13-11-17-9-8-14(13)19(4)5/h6-9,11,18H,10H2,1-5H3. The van der Waals surface area contributed by atoms with E-state index in [-0.39, 0.29) is 5.41 Å². The van der Waals surface area contributed by atoms with Gasteiger partial charge in [0.25, 0.3) is 0 Å². The van der Waals surface area contributed by atoms with E-state index in [1.807, 2.05) is 43.9 Å². The van der Waals surface area contributed by atoms with E-state index in [1.54, 1.807) is 0 Å². The maximum Gasteiger partial charge on any atom is 0.0767 e. The van der Waals surface area contributed by atoms with Crippen molar-refractivity contribution in [2.24, 2.45) is 0 Å². The summed E-state index contributed by atoms with van der Waals surface area (Å²) in [6.45, 7) is 7.59. The Balaban J connectivity index is 2.08. The third-order valence-electron chi connectivity index (χ3n) is 3.13. The fourth-order valence-electron chi connectivity index (χ4n) is 1.97. The lowest BCUT2D eigenvalue weighted by atomic mass is 9.95. The molecular formula is C16H23N3S. The van der Waals surface area contributed by atoms with Crippen molar-refractivity contribution in [1.82, 2.24) is 4.98 Å². The minimum Gasteiger partial charge on any atom is -0.377 e. The van der Waals surface area contributed by atoms with Crippen LogP contribution >= 0.6 is 11.3 Å². The van der Waals surface area contributed by atoms with Crippen molar-refractivity contribution in [3.8, 4) is 0 Å². The first-order chi connectivity index (χ1) is 9.38. The Morgan fingerprint density at radius 1 is 1.20 bits per heavy atom. The van der Waals surface area contributed by atoms with Gasteiger partial charge in [-0.25, -0.2) is 0 Å². The molecule has 2 rings (SSSR count). The number of anilines is 2. The minimum atomic E-state index is 0.228. The minimum absolute atomic E-state index is 0.228. The van der Waals surface area contributed by atoms with Gasteiger partial charge in [0.15, 0.2) is 0 Å². The van der Waals surface area contributed by atoms with Crippen LogP contribution in [0.4, 0.5) is 11.4 Å². The number of nitrogens with one attached hydrogen (secondary N) is 1. The molecule has 0 fully saturated rings. The van der Waals surface area contributed by atoms with Gasteiger partial charge in [0.05, 0.1) is 17.6 Å². The molecular weight excluding hydrogens is 266 g/mol. The molecule has 20 heavy (non-hydrogen) atoms. The highest BCUT2D eigenvalue weighted by molar-refractivity contribution is 7.12. The maximum atomic E-state index is 4.20. The molecule has 2 heterocycles. The number of rotatable bonds is 4. The number of pyridine rings is 1. The van der Waals surface area contributed by atoms with Crippen LogP contribution in [0, 0.1) is 0 Å². The largest absolute Gasteiger partial charge is 0.377 e. The van der Waals surface area contributed by atoms with Crippen LogP contribution in [0.2, 0.25) is 0 Å². The number of hydrogen-bond donors (Lipinski definition) is 1. The monoisotopic (exact) mass is 289 g/mol. The Morgan fingerprint density at radius 3 is 2.55 bits per heavy atom. The third kappa shape index (κ3) is 3.51. The average Bonchev–Trinajstić information content (AvgIpc) is 2.85. The van der Waals surface area contributed by atoms with Crippen LogP contribution < -0.4 is 10.2 Å². The summed E-state index contributed by atoms with van der Waals surface area (Å²) >= 11 is 1.88. The molecule has 0 aliphatic heterocycles. The Hall–Kier alpha value is -1.55. The molecule has 0 saturated carbocycles. The predicted molar refractivity (Wildman–Crippen MR) is 88.9 cm³/mol. The molecule has 108 valence electrons. The van der Waals surface area contributed by atoms with Gasteiger partial charge in [-0.05, 0) is 23.6 Å². The van der Waals surface area contributed by atoms with E-state index in [1.165, 1.54) is 9.75 Å². The van der Waals surface area contributed by atoms with Crippen molar-refractivity contribution in [2.75, 3.05) is 24.3 Å². The number of hydrogen-bond acceptors (Lipinski definition) is 4. The van der Waals surface area contributed by atoms with E-state index in [9.17, 15) is 0 Å². The van der Waals surface area contributed by atoms with E-state index in [2.05, 4.69) is 48.1 Å². The first-order valence-electron chi connectivity index (χ1n) is 6.82. The maximum absolute atomic E-state index is 4.20. The lowest BCUT2D eigenvalue weighted by Gasteiger charge is -2.17. The SMILES string of the molecule is CN(C)c1ccncc1NCc1ccc(C(C)(C)C)s1. The number of thiophene rings is 1. The molecule has 0 radical (unpaired) electrons. The van der Waals surface area contributed by atoms with Crippen molar-refractivity contribution in [3.63, 3.8) is 0 Å². The van der Waals surface area contributed by atoms with Crippen LogP contribution in [-0.4, -0.2) is 19.1 Å². The van der Waals surface area contributed by atoms with E-state index in [0.29, 0.717) is 0 Å². The summed E-state index contributed by atoms with van der Waals surface area (Å²) < 4.78 is 0. The lowest BCUT2D eigenvalue weighted by Crippen LogP contribution is -2.12. The summed E-state index contributed by atoms with van der Waals surface area (Å²) in [6, 6.07) is 6.47. The lowest BCUT2D eigenvalue weighted by molar-refractivity contribution is 0.604. The van der Waals surface area contributed by atoms with E-state index >= 15 is 0 Å². The topological polar surface area (TPSA) is 28.2 Å². The van der Waals surface area contributed by atoms with Gasteiger partial charge >= 0.3 is 0 Å². The summed E-state index contributed by atoms with van der Waals surface area (Å²) in [7, 11) is 4.09. The van der Waals surface area contributed by atoms with Gasteiger partial charge in [-0.2, -0.15) is 0 Å². The Kier molecular flexibility index (Phi) is 4.33. The van der Waals surface area contributed by atoms with Gasteiger partial charge in [-0.1, -0.05) is 20.8 Å². The van der Waals surface area contributed by atoms with Crippen molar-refractivity contribution >= 4 is 22.7 Å². The normalized spacial score (nSPS) is 11.4. The van der Waals surface area contributed by atoms with Crippen LogP contribution in [0.15, 0.2) is 30.6 Å². The van der Waals surface area contributed by atoms with Crippen molar-refractivity contribution in [1.29, 1.82) is 0 Å². The Labute approximate surface area is 125 Å². The molecule has 3 nitrogen and oxygen atoms in total. The summed E-state index contributed by atoms with van der Waals surface area (Å²) in [5.41, 5.74) is 2.46. The molecule has 4 heteroatoms. The smallest absolute Gasteiger partial charge is 0.0767 e. The van der Waals surface area contributed by atoms with Gasteiger partial charge in [0.1, 0.15) is 0 Å². The molecule has 0 amide bonds. The summed E-state index contributed by atoms with van der Waals surface area (Å²) in [4.78, 5) is 9.07. The molecule has 0 aromatic carbocycles. The highest BCUT2D eigenvalue weighted by atomic mass is 32.1. The average molecular weight is 289 g/mol. The molecule has 0 spiro atoms. The van der Waals surface area contributed by atoms with Crippen LogP contribution in [0.3, 0.4) is 0 Å². The molecule has 1 N–H and O–H groups in total. The quantitative estimate of drug-likeness (QED) is 0.917. The number of aromatic nitrogens is 1. The fraction of sp³-hybridized carbons (Fsp3) is 0.438.